The van der Waals surface area contributed by atoms with Gasteiger partial charge in [0.2, 0.25) is 10.0 Å². The normalized spacial score (nSPS) is 16.5. The SMILES string of the molecule is O=c1[nH]c(CN2CCN(S(=O)(=O)c3ccc(C(F)(F)F)cc3)CC2)nc2cc(Cl)ccc12. The fraction of sp³-hybridized carbons (Fsp3) is 0.300. The third kappa shape index (κ3) is 4.65. The van der Waals surface area contributed by atoms with Crippen molar-refractivity contribution in [2.75, 3.05) is 26.2 Å². The summed E-state index contributed by atoms with van der Waals surface area (Å²) in [5.41, 5.74) is -0.718. The van der Waals surface area contributed by atoms with Gasteiger partial charge in [-0.3, -0.25) is 9.69 Å². The van der Waals surface area contributed by atoms with Crippen molar-refractivity contribution < 1.29 is 21.6 Å². The Balaban J connectivity index is 1.44. The molecule has 1 aromatic heterocycles. The minimum atomic E-state index is -4.53. The predicted octanol–water partition coefficient (Wildman–Crippen LogP) is 3.10. The van der Waals surface area contributed by atoms with Gasteiger partial charge in [-0.25, -0.2) is 13.4 Å². The van der Waals surface area contributed by atoms with Crippen LogP contribution in [-0.4, -0.2) is 53.8 Å². The summed E-state index contributed by atoms with van der Waals surface area (Å²) in [6, 6.07) is 8.27. The number of hydrogen-bond donors (Lipinski definition) is 1. The maximum atomic E-state index is 12.8. The summed E-state index contributed by atoms with van der Waals surface area (Å²) >= 11 is 5.97. The number of nitrogens with one attached hydrogen (secondary N) is 1. The maximum absolute atomic E-state index is 12.8. The molecule has 7 nitrogen and oxygen atoms in total. The van der Waals surface area contributed by atoms with E-state index in [4.69, 9.17) is 11.6 Å². The number of H-pyrrole nitrogens is 1. The molecule has 1 saturated heterocycles. The Kier molecular flexibility index (Phi) is 6.01. The van der Waals surface area contributed by atoms with Crippen molar-refractivity contribution in [2.45, 2.75) is 17.6 Å². The fourth-order valence-electron chi connectivity index (χ4n) is 3.54. The Morgan fingerprint density at radius 2 is 1.69 bits per heavy atom. The van der Waals surface area contributed by atoms with Gasteiger partial charge in [0.05, 0.1) is 27.9 Å². The molecule has 32 heavy (non-hydrogen) atoms. The Labute approximate surface area is 186 Å². The Morgan fingerprint density at radius 1 is 1.03 bits per heavy atom. The molecule has 0 atom stereocenters. The van der Waals surface area contributed by atoms with Gasteiger partial charge in [0.25, 0.3) is 5.56 Å². The topological polar surface area (TPSA) is 86.4 Å². The van der Waals surface area contributed by atoms with Crippen molar-refractivity contribution in [3.63, 3.8) is 0 Å². The molecule has 3 aromatic rings. The van der Waals surface area contributed by atoms with Crippen LogP contribution in [0.5, 0.6) is 0 Å². The lowest BCUT2D eigenvalue weighted by atomic mass is 10.2. The lowest BCUT2D eigenvalue weighted by Gasteiger charge is -2.33. The number of rotatable bonds is 4. The molecule has 1 N–H and O–H groups in total. The maximum Gasteiger partial charge on any atom is 0.416 e. The van der Waals surface area contributed by atoms with Crippen molar-refractivity contribution in [3.8, 4) is 0 Å². The first-order valence-electron chi connectivity index (χ1n) is 9.62. The van der Waals surface area contributed by atoms with E-state index in [1.165, 1.54) is 4.31 Å². The zero-order chi connectivity index (χ0) is 23.1. The molecule has 12 heteroatoms. The fourth-order valence-corrected chi connectivity index (χ4v) is 5.13. The zero-order valence-corrected chi connectivity index (χ0v) is 18.1. The van der Waals surface area contributed by atoms with E-state index in [1.54, 1.807) is 18.2 Å². The Bertz CT molecular complexity index is 1300. The van der Waals surface area contributed by atoms with E-state index in [0.29, 0.717) is 41.4 Å². The molecule has 1 aliphatic rings. The number of nitrogens with zero attached hydrogens (tertiary/aromatic N) is 3. The van der Waals surface area contributed by atoms with Gasteiger partial charge in [0.15, 0.2) is 0 Å². The molecule has 0 amide bonds. The number of fused-ring (bicyclic) bond motifs is 1. The second kappa shape index (κ2) is 8.47. The first-order chi connectivity index (χ1) is 15.0. The number of hydrogen-bond acceptors (Lipinski definition) is 5. The zero-order valence-electron chi connectivity index (χ0n) is 16.6. The van der Waals surface area contributed by atoms with E-state index >= 15 is 0 Å². The lowest BCUT2D eigenvalue weighted by Crippen LogP contribution is -2.48. The molecule has 0 bridgehead atoms. The molecule has 1 aliphatic heterocycles. The summed E-state index contributed by atoms with van der Waals surface area (Å²) in [5.74, 6) is 0.434. The van der Waals surface area contributed by atoms with Crippen LogP contribution in [0, 0.1) is 0 Å². The van der Waals surface area contributed by atoms with E-state index < -0.39 is 21.8 Å². The summed E-state index contributed by atoms with van der Waals surface area (Å²) in [5, 5.41) is 0.884. The highest BCUT2D eigenvalue weighted by Gasteiger charge is 2.32. The van der Waals surface area contributed by atoms with Crippen LogP contribution in [0.2, 0.25) is 5.02 Å². The van der Waals surface area contributed by atoms with Crippen LogP contribution < -0.4 is 5.56 Å². The van der Waals surface area contributed by atoms with Gasteiger partial charge in [-0.1, -0.05) is 11.6 Å². The Hall–Kier alpha value is -2.47. The number of piperazine rings is 1. The molecular weight excluding hydrogens is 469 g/mol. The highest BCUT2D eigenvalue weighted by molar-refractivity contribution is 7.89. The molecule has 2 aromatic carbocycles. The second-order valence-corrected chi connectivity index (χ2v) is 9.75. The molecule has 0 aliphatic carbocycles. The molecule has 170 valence electrons. The minimum absolute atomic E-state index is 0.160. The molecule has 0 saturated carbocycles. The number of alkyl halides is 3. The van der Waals surface area contributed by atoms with Crippen molar-refractivity contribution >= 4 is 32.5 Å². The van der Waals surface area contributed by atoms with Crippen LogP contribution in [0.3, 0.4) is 0 Å². The minimum Gasteiger partial charge on any atom is -0.309 e. The van der Waals surface area contributed by atoms with Crippen molar-refractivity contribution in [1.82, 2.24) is 19.2 Å². The van der Waals surface area contributed by atoms with E-state index in [0.717, 1.165) is 24.3 Å². The Morgan fingerprint density at radius 3 is 2.31 bits per heavy atom. The highest BCUT2D eigenvalue weighted by Crippen LogP contribution is 2.30. The first kappa shape index (κ1) is 22.7. The summed E-state index contributed by atoms with van der Waals surface area (Å²) in [6.07, 6.45) is -4.53. The molecule has 0 spiro atoms. The number of benzene rings is 2. The van der Waals surface area contributed by atoms with Gasteiger partial charge < -0.3 is 4.98 Å². The first-order valence-corrected chi connectivity index (χ1v) is 11.4. The lowest BCUT2D eigenvalue weighted by molar-refractivity contribution is -0.137. The van der Waals surface area contributed by atoms with Crippen molar-refractivity contribution in [2.24, 2.45) is 0 Å². The van der Waals surface area contributed by atoms with Crippen LogP contribution >= 0.6 is 11.6 Å². The van der Waals surface area contributed by atoms with Gasteiger partial charge in [0, 0.05) is 31.2 Å². The monoisotopic (exact) mass is 486 g/mol. The molecule has 1 fully saturated rings. The third-order valence-electron chi connectivity index (χ3n) is 5.24. The largest absolute Gasteiger partial charge is 0.416 e. The van der Waals surface area contributed by atoms with Crippen LogP contribution in [0.4, 0.5) is 13.2 Å². The van der Waals surface area contributed by atoms with E-state index in [2.05, 4.69) is 9.97 Å². The number of halogens is 4. The smallest absolute Gasteiger partial charge is 0.309 e. The predicted molar refractivity (Wildman–Crippen MR) is 113 cm³/mol. The summed E-state index contributed by atoms with van der Waals surface area (Å²) < 4.78 is 65.0. The molecular formula is C20H18ClF3N4O3S. The van der Waals surface area contributed by atoms with E-state index in [-0.39, 0.29) is 23.5 Å². The van der Waals surface area contributed by atoms with Gasteiger partial charge in [-0.05, 0) is 42.5 Å². The van der Waals surface area contributed by atoms with E-state index in [9.17, 15) is 26.4 Å². The van der Waals surface area contributed by atoms with Crippen LogP contribution in [0.1, 0.15) is 11.4 Å². The van der Waals surface area contributed by atoms with E-state index in [1.807, 2.05) is 4.90 Å². The van der Waals surface area contributed by atoms with Gasteiger partial charge >= 0.3 is 6.18 Å². The molecule has 0 radical (unpaired) electrons. The number of sulfonamides is 1. The van der Waals surface area contributed by atoms with Crippen molar-refractivity contribution in [3.05, 3.63) is 69.2 Å². The van der Waals surface area contributed by atoms with Crippen molar-refractivity contribution in [1.29, 1.82) is 0 Å². The number of aromatic nitrogens is 2. The van der Waals surface area contributed by atoms with Crippen LogP contribution in [0.15, 0.2) is 52.2 Å². The quantitative estimate of drug-likeness (QED) is 0.612. The molecule has 0 unspecified atom stereocenters. The van der Waals surface area contributed by atoms with Crippen LogP contribution in [-0.2, 0) is 22.7 Å². The van der Waals surface area contributed by atoms with Crippen LogP contribution in [0.25, 0.3) is 10.9 Å². The summed E-state index contributed by atoms with van der Waals surface area (Å²) in [7, 11) is -3.91. The van der Waals surface area contributed by atoms with Gasteiger partial charge in [-0.2, -0.15) is 17.5 Å². The summed E-state index contributed by atoms with van der Waals surface area (Å²) in [6.45, 7) is 1.38. The summed E-state index contributed by atoms with van der Waals surface area (Å²) in [4.78, 5) is 21.2. The molecule has 2 heterocycles. The second-order valence-electron chi connectivity index (χ2n) is 7.38. The third-order valence-corrected chi connectivity index (χ3v) is 7.39. The van der Waals surface area contributed by atoms with Gasteiger partial charge in [0.1, 0.15) is 5.82 Å². The standard InChI is InChI=1S/C20H18ClF3N4O3S/c21-14-3-6-16-17(11-14)25-18(26-19(16)29)12-27-7-9-28(10-8-27)32(30,31)15-4-1-13(2-5-15)20(22,23)24/h1-6,11H,7-10,12H2,(H,25,26,29). The van der Waals surface area contributed by atoms with Gasteiger partial charge in [-0.15, -0.1) is 0 Å². The molecule has 4 rings (SSSR count). The highest BCUT2D eigenvalue weighted by atomic mass is 35.5. The average Bonchev–Trinajstić information content (AvgIpc) is 2.73. The number of aromatic amines is 1. The average molecular weight is 487 g/mol.